The Kier molecular flexibility index (Phi) is 4.63. The Morgan fingerprint density at radius 2 is 1.78 bits per heavy atom. The Labute approximate surface area is 183 Å². The summed E-state index contributed by atoms with van der Waals surface area (Å²) in [6.45, 7) is 0. The average Bonchev–Trinajstić information content (AvgIpc) is 3.33. The summed E-state index contributed by atoms with van der Waals surface area (Å²) in [5, 5.41) is 10.6. The van der Waals surface area contributed by atoms with Crippen molar-refractivity contribution in [2.45, 2.75) is 4.90 Å². The zero-order valence-electron chi connectivity index (χ0n) is 16.9. The van der Waals surface area contributed by atoms with Crippen LogP contribution in [0.25, 0.3) is 44.7 Å². The van der Waals surface area contributed by atoms with E-state index in [1.807, 2.05) is 30.3 Å². The third-order valence-electron chi connectivity index (χ3n) is 5.01. The van der Waals surface area contributed by atoms with Crippen molar-refractivity contribution in [3.63, 3.8) is 0 Å². The van der Waals surface area contributed by atoms with Gasteiger partial charge in [0.1, 0.15) is 5.69 Å². The zero-order valence-corrected chi connectivity index (χ0v) is 17.7. The molecule has 5 rings (SSSR count). The van der Waals surface area contributed by atoms with Gasteiger partial charge in [-0.15, -0.1) is 0 Å². The number of benzene rings is 2. The van der Waals surface area contributed by atoms with Gasteiger partial charge in [0.2, 0.25) is 0 Å². The van der Waals surface area contributed by atoms with Gasteiger partial charge in [-0.2, -0.15) is 15.4 Å². The minimum Gasteiger partial charge on any atom is -0.399 e. The van der Waals surface area contributed by atoms with E-state index in [4.69, 9.17) is 10.7 Å². The fraction of sp³-hybridized carbons (Fsp3) is 0.0455. The molecule has 0 bridgehead atoms. The Bertz CT molecular complexity index is 1570. The lowest BCUT2D eigenvalue weighted by Crippen LogP contribution is -2.02. The molecule has 0 atom stereocenters. The number of pyridine rings is 1. The van der Waals surface area contributed by atoms with Crippen LogP contribution in [0.5, 0.6) is 0 Å². The molecular formula is C22H17N7O2S. The fourth-order valence-corrected chi connectivity index (χ4v) is 4.44. The molecule has 32 heavy (non-hydrogen) atoms. The van der Waals surface area contributed by atoms with Gasteiger partial charge < -0.3 is 5.73 Å². The second kappa shape index (κ2) is 7.50. The predicted molar refractivity (Wildman–Crippen MR) is 121 cm³/mol. The number of rotatable bonds is 4. The number of H-pyrrole nitrogens is 1. The quantitative estimate of drug-likeness (QED) is 0.404. The molecule has 0 fully saturated rings. The van der Waals surface area contributed by atoms with Crippen molar-refractivity contribution in [2.75, 3.05) is 12.0 Å². The molecule has 158 valence electrons. The van der Waals surface area contributed by atoms with Crippen LogP contribution in [0.2, 0.25) is 0 Å². The van der Waals surface area contributed by atoms with E-state index in [0.717, 1.165) is 22.9 Å². The van der Waals surface area contributed by atoms with Crippen molar-refractivity contribution >= 4 is 26.6 Å². The number of nitrogens with one attached hydrogen (secondary N) is 1. The van der Waals surface area contributed by atoms with Crippen LogP contribution in [0.3, 0.4) is 0 Å². The number of sulfone groups is 1. The van der Waals surface area contributed by atoms with Crippen LogP contribution in [-0.2, 0) is 9.84 Å². The smallest absolute Gasteiger partial charge is 0.176 e. The molecular weight excluding hydrogens is 426 g/mol. The minimum absolute atomic E-state index is 0.145. The third kappa shape index (κ3) is 3.56. The van der Waals surface area contributed by atoms with E-state index in [-0.39, 0.29) is 4.90 Å². The van der Waals surface area contributed by atoms with Gasteiger partial charge in [0, 0.05) is 41.0 Å². The number of nitrogens with two attached hydrogens (primary N) is 1. The molecule has 0 saturated heterocycles. The van der Waals surface area contributed by atoms with Crippen LogP contribution < -0.4 is 5.73 Å². The molecule has 0 radical (unpaired) electrons. The van der Waals surface area contributed by atoms with Crippen molar-refractivity contribution in [3.05, 3.63) is 67.3 Å². The molecule has 3 heterocycles. The molecule has 5 aromatic rings. The van der Waals surface area contributed by atoms with Gasteiger partial charge in [0.25, 0.3) is 0 Å². The first-order valence-electron chi connectivity index (χ1n) is 9.57. The van der Waals surface area contributed by atoms with Crippen LogP contribution >= 0.6 is 0 Å². The van der Waals surface area contributed by atoms with E-state index in [1.54, 1.807) is 12.3 Å². The van der Waals surface area contributed by atoms with Gasteiger partial charge in [0.05, 0.1) is 34.0 Å². The summed E-state index contributed by atoms with van der Waals surface area (Å²) in [7, 11) is -3.48. The number of hydrogen-bond acceptors (Lipinski definition) is 8. The van der Waals surface area contributed by atoms with Crippen LogP contribution in [0.15, 0.2) is 72.1 Å². The van der Waals surface area contributed by atoms with E-state index in [2.05, 4.69) is 25.4 Å². The molecule has 0 amide bonds. The number of aromatic nitrogens is 6. The van der Waals surface area contributed by atoms with E-state index in [1.165, 1.54) is 24.7 Å². The summed E-state index contributed by atoms with van der Waals surface area (Å²) in [4.78, 5) is 13.5. The van der Waals surface area contributed by atoms with Crippen molar-refractivity contribution in [1.82, 2.24) is 30.4 Å². The Balaban J connectivity index is 1.73. The summed E-state index contributed by atoms with van der Waals surface area (Å²) >= 11 is 0. The van der Waals surface area contributed by atoms with Crippen LogP contribution in [0.1, 0.15) is 0 Å². The topological polar surface area (TPSA) is 140 Å². The summed E-state index contributed by atoms with van der Waals surface area (Å²) in [6.07, 6.45) is 7.25. The molecule has 0 aliphatic heterocycles. The highest BCUT2D eigenvalue weighted by Crippen LogP contribution is 2.33. The molecule has 10 heteroatoms. The average molecular weight is 443 g/mol. The van der Waals surface area contributed by atoms with E-state index in [9.17, 15) is 8.42 Å². The first kappa shape index (κ1) is 19.8. The standard InChI is InChI=1S/C22H17N7O2S/c1-32(30,31)21-5-6-24-10-17(21)20-11-25-18-9-15(23)8-16(22(18)27-20)13-3-2-4-14(7-13)19-12-26-29-28-19/h2-12H,23H2,1H3,(H,26,28,29). The lowest BCUT2D eigenvalue weighted by molar-refractivity contribution is 0.602. The first-order valence-corrected chi connectivity index (χ1v) is 11.5. The number of hydrogen-bond donors (Lipinski definition) is 2. The fourth-order valence-electron chi connectivity index (χ4n) is 3.57. The van der Waals surface area contributed by atoms with Gasteiger partial charge >= 0.3 is 0 Å². The number of anilines is 1. The summed E-state index contributed by atoms with van der Waals surface area (Å²) in [5.74, 6) is 0. The summed E-state index contributed by atoms with van der Waals surface area (Å²) in [5.41, 5.74) is 11.9. The molecule has 9 nitrogen and oxygen atoms in total. The maximum absolute atomic E-state index is 12.3. The van der Waals surface area contributed by atoms with E-state index < -0.39 is 9.84 Å². The molecule has 0 aliphatic carbocycles. The van der Waals surface area contributed by atoms with Crippen molar-refractivity contribution in [3.8, 4) is 33.6 Å². The Morgan fingerprint density at radius 1 is 0.938 bits per heavy atom. The lowest BCUT2D eigenvalue weighted by Gasteiger charge is -2.11. The van der Waals surface area contributed by atoms with E-state index in [0.29, 0.717) is 33.7 Å². The lowest BCUT2D eigenvalue weighted by atomic mass is 9.99. The number of aromatic amines is 1. The predicted octanol–water partition coefficient (Wildman–Crippen LogP) is 3.13. The van der Waals surface area contributed by atoms with Crippen molar-refractivity contribution in [1.29, 1.82) is 0 Å². The third-order valence-corrected chi connectivity index (χ3v) is 6.17. The number of fused-ring (bicyclic) bond motifs is 1. The molecule has 0 unspecified atom stereocenters. The SMILES string of the molecule is CS(=O)(=O)c1ccncc1-c1cnc2cc(N)cc(-c3cccc(-c4cn[nH]n4)c3)c2n1. The highest BCUT2D eigenvalue weighted by atomic mass is 32.2. The monoisotopic (exact) mass is 443 g/mol. The van der Waals surface area contributed by atoms with E-state index >= 15 is 0 Å². The Hall–Kier alpha value is -4.18. The van der Waals surface area contributed by atoms with Gasteiger partial charge in [-0.25, -0.2) is 13.4 Å². The van der Waals surface area contributed by atoms with Gasteiger partial charge in [-0.3, -0.25) is 9.97 Å². The second-order valence-corrected chi connectivity index (χ2v) is 9.26. The van der Waals surface area contributed by atoms with Gasteiger partial charge in [-0.1, -0.05) is 18.2 Å². The highest BCUT2D eigenvalue weighted by Gasteiger charge is 2.18. The Morgan fingerprint density at radius 3 is 2.56 bits per heavy atom. The normalized spacial score (nSPS) is 11.7. The number of nitrogen functional groups attached to an aromatic ring is 1. The van der Waals surface area contributed by atoms with Gasteiger partial charge in [-0.05, 0) is 29.8 Å². The summed E-state index contributed by atoms with van der Waals surface area (Å²) < 4.78 is 24.5. The van der Waals surface area contributed by atoms with Gasteiger partial charge in [0.15, 0.2) is 9.84 Å². The van der Waals surface area contributed by atoms with Crippen molar-refractivity contribution < 1.29 is 8.42 Å². The van der Waals surface area contributed by atoms with Crippen LogP contribution in [-0.4, -0.2) is 45.0 Å². The minimum atomic E-state index is -3.48. The largest absolute Gasteiger partial charge is 0.399 e. The molecule has 2 aromatic carbocycles. The maximum atomic E-state index is 12.3. The second-order valence-electron chi connectivity index (χ2n) is 7.27. The van der Waals surface area contributed by atoms with Crippen LogP contribution in [0, 0.1) is 0 Å². The summed E-state index contributed by atoms with van der Waals surface area (Å²) in [6, 6.07) is 12.8. The molecule has 3 N–H and O–H groups in total. The maximum Gasteiger partial charge on any atom is 0.176 e. The molecule has 0 aliphatic rings. The molecule has 3 aromatic heterocycles. The first-order chi connectivity index (χ1) is 15.4. The number of nitrogens with zero attached hydrogens (tertiary/aromatic N) is 5. The van der Waals surface area contributed by atoms with Crippen molar-refractivity contribution in [2.24, 2.45) is 0 Å². The highest BCUT2D eigenvalue weighted by molar-refractivity contribution is 7.90. The zero-order chi connectivity index (χ0) is 22.3. The molecule has 0 spiro atoms. The van der Waals surface area contributed by atoms with Crippen LogP contribution in [0.4, 0.5) is 5.69 Å². The molecule has 0 saturated carbocycles.